The highest BCUT2D eigenvalue weighted by atomic mass is 79.9. The highest BCUT2D eigenvalue weighted by Gasteiger charge is 2.30. The van der Waals surface area contributed by atoms with Gasteiger partial charge < -0.3 is 10.3 Å². The van der Waals surface area contributed by atoms with E-state index in [2.05, 4.69) is 39.9 Å². The smallest absolute Gasteiger partial charge is 0.258 e. The topological polar surface area (TPSA) is 64.9 Å². The predicted octanol–water partition coefficient (Wildman–Crippen LogP) is 4.38. The van der Waals surface area contributed by atoms with Crippen LogP contribution in [0.15, 0.2) is 27.2 Å². The van der Waals surface area contributed by atoms with Crippen LogP contribution in [0.1, 0.15) is 24.9 Å². The number of hydrogen-bond acceptors (Lipinski definition) is 6. The standard InChI is InChI=1S/C14H16BrN3OS2/c1-7-8(2)21-12(6-20-7)13-17-14(19-18-13)9-3-4-11(16)10(15)5-9/h3-5,7-8,12H,6,16H2,1-2H3. The summed E-state index contributed by atoms with van der Waals surface area (Å²) in [5.41, 5.74) is 7.37. The number of benzene rings is 1. The third-order valence-electron chi connectivity index (χ3n) is 3.53. The summed E-state index contributed by atoms with van der Waals surface area (Å²) in [4.78, 5) is 4.56. The van der Waals surface area contributed by atoms with Gasteiger partial charge in [0.25, 0.3) is 5.89 Å². The van der Waals surface area contributed by atoms with E-state index in [9.17, 15) is 0 Å². The average Bonchev–Trinajstić information content (AvgIpc) is 2.94. The summed E-state index contributed by atoms with van der Waals surface area (Å²) in [6.45, 7) is 4.53. The number of hydrogen-bond donors (Lipinski definition) is 1. The molecule has 1 aromatic carbocycles. The third-order valence-corrected chi connectivity index (χ3v) is 7.60. The molecule has 3 rings (SSSR count). The van der Waals surface area contributed by atoms with Gasteiger partial charge in [-0.25, -0.2) is 0 Å². The molecule has 1 aromatic heterocycles. The lowest BCUT2D eigenvalue weighted by Gasteiger charge is -2.29. The van der Waals surface area contributed by atoms with Gasteiger partial charge in [-0.1, -0.05) is 19.0 Å². The summed E-state index contributed by atoms with van der Waals surface area (Å²) in [6.07, 6.45) is 0. The summed E-state index contributed by atoms with van der Waals surface area (Å²) in [6, 6.07) is 5.63. The van der Waals surface area contributed by atoms with E-state index in [0.29, 0.717) is 27.3 Å². The zero-order valence-electron chi connectivity index (χ0n) is 11.7. The van der Waals surface area contributed by atoms with Crippen LogP contribution in [0.2, 0.25) is 0 Å². The van der Waals surface area contributed by atoms with Crippen LogP contribution < -0.4 is 5.73 Å². The number of nitrogens with zero attached hydrogens (tertiary/aromatic N) is 2. The third kappa shape index (κ3) is 3.24. The van der Waals surface area contributed by atoms with Crippen molar-refractivity contribution in [2.45, 2.75) is 29.6 Å². The largest absolute Gasteiger partial charge is 0.398 e. The van der Waals surface area contributed by atoms with Crippen LogP contribution in [-0.2, 0) is 0 Å². The monoisotopic (exact) mass is 385 g/mol. The van der Waals surface area contributed by atoms with Crippen molar-refractivity contribution < 1.29 is 4.52 Å². The van der Waals surface area contributed by atoms with E-state index >= 15 is 0 Å². The number of nitrogen functional groups attached to an aromatic ring is 1. The molecule has 2 heterocycles. The summed E-state index contributed by atoms with van der Waals surface area (Å²) in [5.74, 6) is 2.36. The predicted molar refractivity (Wildman–Crippen MR) is 93.6 cm³/mol. The highest BCUT2D eigenvalue weighted by Crippen LogP contribution is 2.43. The number of halogens is 1. The van der Waals surface area contributed by atoms with Gasteiger partial charge in [-0.2, -0.15) is 16.7 Å². The van der Waals surface area contributed by atoms with Crippen molar-refractivity contribution in [3.05, 3.63) is 28.5 Å². The fraction of sp³-hybridized carbons (Fsp3) is 0.429. The Kier molecular flexibility index (Phi) is 4.51. The van der Waals surface area contributed by atoms with E-state index in [1.807, 2.05) is 41.7 Å². The maximum Gasteiger partial charge on any atom is 0.258 e. The number of rotatable bonds is 2. The molecule has 2 N–H and O–H groups in total. The van der Waals surface area contributed by atoms with Gasteiger partial charge >= 0.3 is 0 Å². The van der Waals surface area contributed by atoms with Gasteiger partial charge in [0.05, 0.1) is 5.25 Å². The SMILES string of the molecule is CC1SCC(c2noc(-c3ccc(N)c(Br)c3)n2)SC1C. The molecule has 0 amide bonds. The molecular weight excluding hydrogens is 370 g/mol. The molecule has 7 heteroatoms. The second kappa shape index (κ2) is 6.22. The summed E-state index contributed by atoms with van der Waals surface area (Å²) >= 11 is 7.32. The maximum atomic E-state index is 5.80. The molecule has 0 radical (unpaired) electrons. The lowest BCUT2D eigenvalue weighted by atomic mass is 10.2. The molecule has 4 nitrogen and oxygen atoms in total. The fourth-order valence-corrected chi connectivity index (χ4v) is 5.27. The molecule has 1 fully saturated rings. The Morgan fingerprint density at radius 1 is 1.33 bits per heavy atom. The Balaban J connectivity index is 1.81. The Morgan fingerprint density at radius 3 is 2.86 bits per heavy atom. The molecule has 1 aliphatic heterocycles. The Labute approximate surface area is 140 Å². The molecule has 0 saturated carbocycles. The van der Waals surface area contributed by atoms with E-state index in [4.69, 9.17) is 10.3 Å². The number of aromatic nitrogens is 2. The zero-order valence-corrected chi connectivity index (χ0v) is 15.0. The van der Waals surface area contributed by atoms with E-state index in [1.54, 1.807) is 0 Å². The van der Waals surface area contributed by atoms with E-state index in [1.165, 1.54) is 0 Å². The van der Waals surface area contributed by atoms with Crippen molar-refractivity contribution in [1.29, 1.82) is 0 Å². The van der Waals surface area contributed by atoms with E-state index in [0.717, 1.165) is 21.6 Å². The molecule has 1 aliphatic rings. The second-order valence-corrected chi connectivity index (χ2v) is 8.91. The van der Waals surface area contributed by atoms with Gasteiger partial charge in [0.1, 0.15) is 0 Å². The summed E-state index contributed by atoms with van der Waals surface area (Å²) in [5, 5.41) is 5.73. The molecule has 3 unspecified atom stereocenters. The van der Waals surface area contributed by atoms with Crippen molar-refractivity contribution in [2.24, 2.45) is 0 Å². The lowest BCUT2D eigenvalue weighted by Crippen LogP contribution is -2.22. The minimum Gasteiger partial charge on any atom is -0.398 e. The number of anilines is 1. The van der Waals surface area contributed by atoms with Crippen LogP contribution in [0.25, 0.3) is 11.5 Å². The van der Waals surface area contributed by atoms with Gasteiger partial charge in [0, 0.05) is 32.0 Å². The highest BCUT2D eigenvalue weighted by molar-refractivity contribution is 9.10. The molecule has 0 bridgehead atoms. The first kappa shape index (κ1) is 15.2. The van der Waals surface area contributed by atoms with Crippen molar-refractivity contribution in [3.8, 4) is 11.5 Å². The van der Waals surface area contributed by atoms with Crippen molar-refractivity contribution in [1.82, 2.24) is 10.1 Å². The quantitative estimate of drug-likeness (QED) is 0.773. The average molecular weight is 386 g/mol. The minimum absolute atomic E-state index is 0.302. The van der Waals surface area contributed by atoms with Gasteiger partial charge in [0.2, 0.25) is 0 Å². The molecule has 2 aromatic rings. The first-order valence-electron chi connectivity index (χ1n) is 6.70. The molecule has 0 spiro atoms. The van der Waals surface area contributed by atoms with Crippen molar-refractivity contribution >= 4 is 45.1 Å². The number of thioether (sulfide) groups is 2. The molecule has 21 heavy (non-hydrogen) atoms. The van der Waals surface area contributed by atoms with Crippen LogP contribution >= 0.6 is 39.5 Å². The zero-order chi connectivity index (χ0) is 15.0. The van der Waals surface area contributed by atoms with Gasteiger partial charge in [-0.15, -0.1) is 11.8 Å². The van der Waals surface area contributed by atoms with Crippen molar-refractivity contribution in [2.75, 3.05) is 11.5 Å². The van der Waals surface area contributed by atoms with E-state index < -0.39 is 0 Å². The maximum absolute atomic E-state index is 5.80. The second-order valence-electron chi connectivity index (χ2n) is 5.06. The van der Waals surface area contributed by atoms with Crippen LogP contribution in [0.4, 0.5) is 5.69 Å². The fourth-order valence-electron chi connectivity index (χ4n) is 2.06. The van der Waals surface area contributed by atoms with Crippen LogP contribution in [0.3, 0.4) is 0 Å². The van der Waals surface area contributed by atoms with Gasteiger partial charge in [0.15, 0.2) is 5.82 Å². The molecule has 3 atom stereocenters. The Morgan fingerprint density at radius 2 is 2.14 bits per heavy atom. The van der Waals surface area contributed by atoms with Crippen molar-refractivity contribution in [3.63, 3.8) is 0 Å². The molecule has 112 valence electrons. The molecular formula is C14H16BrN3OS2. The van der Waals surface area contributed by atoms with Crippen LogP contribution in [-0.4, -0.2) is 26.4 Å². The minimum atomic E-state index is 0.302. The molecule has 1 saturated heterocycles. The first-order valence-corrected chi connectivity index (χ1v) is 9.49. The van der Waals surface area contributed by atoms with E-state index in [-0.39, 0.29) is 0 Å². The van der Waals surface area contributed by atoms with Gasteiger partial charge in [-0.05, 0) is 34.1 Å². The molecule has 0 aliphatic carbocycles. The Bertz CT molecular complexity index is 649. The summed E-state index contributed by atoms with van der Waals surface area (Å²) in [7, 11) is 0. The Hall–Kier alpha value is -0.660. The first-order chi connectivity index (χ1) is 10.0. The van der Waals surface area contributed by atoms with Crippen LogP contribution in [0.5, 0.6) is 0 Å². The summed E-state index contributed by atoms with van der Waals surface area (Å²) < 4.78 is 6.25. The normalized spacial score (nSPS) is 26.0. The number of nitrogens with two attached hydrogens (primary N) is 1. The van der Waals surface area contributed by atoms with Crippen LogP contribution in [0, 0.1) is 0 Å². The van der Waals surface area contributed by atoms with Gasteiger partial charge in [-0.3, -0.25) is 0 Å². The lowest BCUT2D eigenvalue weighted by molar-refractivity contribution is 0.423.